The van der Waals surface area contributed by atoms with Crippen LogP contribution in [-0.2, 0) is 25.8 Å². The Bertz CT molecular complexity index is 1570. The Labute approximate surface area is 236 Å². The first-order chi connectivity index (χ1) is 19.2. The lowest BCUT2D eigenvalue weighted by molar-refractivity contribution is -0.661. The van der Waals surface area contributed by atoms with Crippen molar-refractivity contribution in [2.75, 3.05) is 12.3 Å². The number of oxime groups is 1. The standard InChI is InChI=1S/C21H24N8O10S2/c1-21(2,18(34)35)39-27-14(10-7-40-19(22)25-10)16(32)26-15-11(29(17(15)33)8-41(29)38)5-24-20(36)23-4-9-3-12(30)13(31)6-28(9)37/h3,6-8,11,15,37H,4-5H2,1-2H3,(H7-,22,23,24,25,26,31,32,34,35,36,38)/p+1/b27-14-/t11-,15+,29?,41?/m1/s1. The van der Waals surface area contributed by atoms with E-state index in [1.165, 1.54) is 24.7 Å². The number of thiazole rings is 1. The maximum Gasteiger partial charge on any atom is 0.361 e. The zero-order valence-electron chi connectivity index (χ0n) is 21.3. The first-order valence-corrected chi connectivity index (χ1v) is 13.6. The molecule has 20 heteroatoms. The summed E-state index contributed by atoms with van der Waals surface area (Å²) >= 11 is 0.982. The van der Waals surface area contributed by atoms with Crippen LogP contribution in [0.1, 0.15) is 25.2 Å². The van der Waals surface area contributed by atoms with Crippen LogP contribution in [-0.4, -0.2) is 92.8 Å². The second kappa shape index (κ2) is 10.8. The number of rotatable bonds is 10. The summed E-state index contributed by atoms with van der Waals surface area (Å²) < 4.78 is 10.1. The number of carboxylic acids is 1. The smallest absolute Gasteiger partial charge is 0.361 e. The van der Waals surface area contributed by atoms with Crippen molar-refractivity contribution in [2.45, 2.75) is 38.1 Å². The van der Waals surface area contributed by atoms with Gasteiger partial charge < -0.3 is 41.9 Å². The first kappa shape index (κ1) is 29.5. The number of nitrogens with zero attached hydrogens (tertiary/aromatic N) is 4. The number of aromatic hydroxyl groups is 1. The lowest BCUT2D eigenvalue weighted by Gasteiger charge is -2.41. The van der Waals surface area contributed by atoms with Gasteiger partial charge in [0.25, 0.3) is 5.91 Å². The third-order valence-corrected chi connectivity index (χ3v) is 8.29. The number of carbonyl (C=O) groups is 4. The molecule has 2 aliphatic heterocycles. The number of nitrogen functional groups attached to an aromatic ring is 1. The van der Waals surface area contributed by atoms with Crippen LogP contribution in [0.2, 0.25) is 0 Å². The summed E-state index contributed by atoms with van der Waals surface area (Å²) in [6, 6.07) is -1.87. The van der Waals surface area contributed by atoms with Gasteiger partial charge in [0.15, 0.2) is 22.6 Å². The predicted octanol–water partition coefficient (Wildman–Crippen LogP) is -1.45. The molecule has 220 valence electrons. The van der Waals surface area contributed by atoms with Crippen LogP contribution in [0.15, 0.2) is 27.6 Å². The normalized spacial score (nSPS) is 23.2. The Kier molecular flexibility index (Phi) is 7.76. The Balaban J connectivity index is 1.44. The maximum atomic E-state index is 13.2. The topological polar surface area (TPSA) is 268 Å². The number of β-lactam (4-membered cyclic amide) rings is 1. The van der Waals surface area contributed by atoms with Crippen molar-refractivity contribution in [1.29, 1.82) is 0 Å². The number of urea groups is 1. The average molecular weight is 614 g/mol. The van der Waals surface area contributed by atoms with E-state index in [9.17, 15) is 43.9 Å². The first-order valence-electron chi connectivity index (χ1n) is 11.6. The average Bonchev–Trinajstić information content (AvgIpc) is 3.43. The fraction of sp³-hybridized carbons (Fsp3) is 0.333. The van der Waals surface area contributed by atoms with Gasteiger partial charge in [-0.2, -0.15) is 4.73 Å². The number of amides is 4. The second-order valence-corrected chi connectivity index (χ2v) is 11.6. The van der Waals surface area contributed by atoms with Gasteiger partial charge in [0, 0.05) is 11.4 Å². The van der Waals surface area contributed by atoms with Gasteiger partial charge in [0.05, 0.1) is 25.0 Å². The van der Waals surface area contributed by atoms with Crippen LogP contribution in [0.4, 0.5) is 9.93 Å². The van der Waals surface area contributed by atoms with Gasteiger partial charge in [-0.1, -0.05) is 5.16 Å². The van der Waals surface area contributed by atoms with Gasteiger partial charge in [0.1, 0.15) is 5.69 Å². The summed E-state index contributed by atoms with van der Waals surface area (Å²) in [5.74, 6) is -3.55. The summed E-state index contributed by atoms with van der Waals surface area (Å²) in [5, 5.41) is 40.9. The number of hydrogen-bond acceptors (Lipinski definition) is 13. The number of carbonyl (C=O) groups excluding carboxylic acids is 3. The largest absolute Gasteiger partial charge is 0.503 e. The van der Waals surface area contributed by atoms with Crippen LogP contribution < -0.4 is 27.1 Å². The fourth-order valence-electron chi connectivity index (χ4n) is 3.70. The van der Waals surface area contributed by atoms with Crippen molar-refractivity contribution >= 4 is 62.4 Å². The number of hydrogen-bond donors (Lipinski definition) is 8. The van der Waals surface area contributed by atoms with Crippen molar-refractivity contribution < 1.29 is 47.9 Å². The monoisotopic (exact) mass is 613 g/mol. The molecule has 2 aliphatic rings. The lowest BCUT2D eigenvalue weighted by Crippen LogP contribution is -2.76. The molecule has 1 saturated heterocycles. The molecule has 0 aliphatic carbocycles. The molecule has 1 spiro atoms. The van der Waals surface area contributed by atoms with E-state index < -0.39 is 73.2 Å². The molecule has 4 amide bonds. The van der Waals surface area contributed by atoms with Crippen LogP contribution in [0.5, 0.6) is 5.75 Å². The third kappa shape index (κ3) is 5.70. The second-order valence-electron chi connectivity index (χ2n) is 9.30. The van der Waals surface area contributed by atoms with Crippen molar-refractivity contribution in [3.05, 3.63) is 39.3 Å². The minimum absolute atomic E-state index is 0.0330. The Hall–Kier alpha value is -4.53. The van der Waals surface area contributed by atoms with Crippen LogP contribution in [0, 0.1) is 0 Å². The zero-order chi connectivity index (χ0) is 30.3. The van der Waals surface area contributed by atoms with E-state index >= 15 is 0 Å². The number of carboxylic acid groups (broad SMARTS) is 1. The van der Waals surface area contributed by atoms with Gasteiger partial charge in [-0.3, -0.25) is 14.1 Å². The summed E-state index contributed by atoms with van der Waals surface area (Å²) in [6.07, 6.45) is 0.766. The van der Waals surface area contributed by atoms with E-state index in [2.05, 4.69) is 26.1 Å². The highest BCUT2D eigenvalue weighted by molar-refractivity contribution is 8.11. The molecule has 0 aromatic carbocycles. The molecule has 4 heterocycles. The summed E-state index contributed by atoms with van der Waals surface area (Å²) in [5.41, 5.74) is 3.89. The van der Waals surface area contributed by atoms with Gasteiger partial charge >= 0.3 is 17.9 Å². The Morgan fingerprint density at radius 1 is 1.32 bits per heavy atom. The molecule has 18 nitrogen and oxygen atoms in total. The van der Waals surface area contributed by atoms with E-state index in [1.54, 1.807) is 0 Å². The Morgan fingerprint density at radius 3 is 2.59 bits per heavy atom. The van der Waals surface area contributed by atoms with Gasteiger partial charge in [0.2, 0.25) is 33.5 Å². The van der Waals surface area contributed by atoms with Crippen molar-refractivity contribution in [2.24, 2.45) is 5.16 Å². The number of aromatic nitrogens is 2. The van der Waals surface area contributed by atoms with E-state index in [-0.39, 0.29) is 29.6 Å². The molecule has 0 saturated carbocycles. The highest BCUT2D eigenvalue weighted by Crippen LogP contribution is 2.50. The minimum atomic E-state index is -1.81. The minimum Gasteiger partial charge on any atom is -0.503 e. The molecule has 41 heavy (non-hydrogen) atoms. The quantitative estimate of drug-likeness (QED) is 0.0382. The summed E-state index contributed by atoms with van der Waals surface area (Å²) in [7, 11) is -1.45. The van der Waals surface area contributed by atoms with E-state index in [1.807, 2.05) is 0 Å². The fourth-order valence-corrected chi connectivity index (χ4v) is 5.64. The van der Waals surface area contributed by atoms with E-state index in [4.69, 9.17) is 10.6 Å². The number of aliphatic carboxylic acids is 1. The van der Waals surface area contributed by atoms with Crippen molar-refractivity contribution in [1.82, 2.24) is 25.7 Å². The molecule has 2 unspecified atom stereocenters. The Morgan fingerprint density at radius 2 is 2.00 bits per heavy atom. The highest BCUT2D eigenvalue weighted by Gasteiger charge is 2.74. The highest BCUT2D eigenvalue weighted by atomic mass is 32.2. The third-order valence-electron chi connectivity index (χ3n) is 6.14. The van der Waals surface area contributed by atoms with E-state index in [0.717, 1.165) is 23.6 Å². The molecule has 1 fully saturated rings. The van der Waals surface area contributed by atoms with Crippen molar-refractivity contribution in [3.63, 3.8) is 0 Å². The van der Waals surface area contributed by atoms with Crippen LogP contribution in [0.3, 0.4) is 0 Å². The molecule has 2 aromatic rings. The lowest BCUT2D eigenvalue weighted by atomic mass is 9.95. The molecular formula is C21H25N8O10S2+. The van der Waals surface area contributed by atoms with Crippen LogP contribution in [0.25, 0.3) is 0 Å². The summed E-state index contributed by atoms with van der Waals surface area (Å²) in [4.78, 5) is 70.5. The summed E-state index contributed by atoms with van der Waals surface area (Å²) in [6.45, 7) is 1.91. The zero-order valence-corrected chi connectivity index (χ0v) is 22.9. The maximum absolute atomic E-state index is 13.2. The molecule has 9 N–H and O–H groups in total. The van der Waals surface area contributed by atoms with Gasteiger partial charge in [-0.25, -0.2) is 19.4 Å². The molecule has 2 aromatic heterocycles. The number of pyridine rings is 1. The molecule has 4 atom stereocenters. The van der Waals surface area contributed by atoms with Crippen LogP contribution >= 0.6 is 22.3 Å². The number of anilines is 1. The van der Waals surface area contributed by atoms with Gasteiger partial charge in [-0.05, 0) is 13.8 Å². The molecule has 4 rings (SSSR count). The predicted molar refractivity (Wildman–Crippen MR) is 143 cm³/mol. The van der Waals surface area contributed by atoms with E-state index in [0.29, 0.717) is 4.73 Å². The molecule has 0 bridgehead atoms. The van der Waals surface area contributed by atoms with Gasteiger partial charge in [-0.15, -0.1) is 15.2 Å². The number of nitrogens with two attached hydrogens (primary N) is 1. The number of nitrogens with one attached hydrogen (secondary N) is 3. The molecule has 0 radical (unpaired) electrons. The van der Waals surface area contributed by atoms with Crippen molar-refractivity contribution in [3.8, 4) is 5.75 Å². The SMILES string of the molecule is CC(C)(O/N=C(\C(=O)N[C@@H]1C(=O)[N+]2(C=S2O)[C@@H]1CNC(=O)NCc1cc(=O)c(O)cn1O)c1csc(N)n1)C(=O)O. The number of quaternary nitrogens is 1. The molecular weight excluding hydrogens is 588 g/mol.